The highest BCUT2D eigenvalue weighted by atomic mass is 35.5. The van der Waals surface area contributed by atoms with Crippen molar-refractivity contribution < 1.29 is 10.2 Å². The maximum absolute atomic E-state index is 8.82. The molecule has 0 saturated heterocycles. The minimum absolute atomic E-state index is 0. The lowest BCUT2D eigenvalue weighted by Gasteiger charge is -1.96. The predicted molar refractivity (Wildman–Crippen MR) is 70.2 cm³/mol. The van der Waals surface area contributed by atoms with Crippen LogP contribution in [0.15, 0.2) is 0 Å². The Hall–Kier alpha value is 0.420. The minimum Gasteiger partial charge on any atom is -0.393 e. The van der Waals surface area contributed by atoms with Crippen molar-refractivity contribution in [1.29, 1.82) is 0 Å². The number of nitrogens with two attached hydrogens (primary N) is 2. The molecule has 100 valence electrons. The number of aliphatic hydroxyl groups excluding tert-OH is 2. The van der Waals surface area contributed by atoms with Crippen molar-refractivity contribution in [3.05, 3.63) is 0 Å². The molecule has 4 atom stereocenters. The molecule has 0 aromatic rings. The monoisotopic (exact) mass is 274 g/mol. The molecule has 4 nitrogen and oxygen atoms in total. The van der Waals surface area contributed by atoms with Gasteiger partial charge in [-0.15, -0.1) is 24.8 Å². The van der Waals surface area contributed by atoms with Crippen molar-refractivity contribution in [2.75, 3.05) is 0 Å². The summed E-state index contributed by atoms with van der Waals surface area (Å²) in [6.07, 6.45) is 5.22. The number of hydrogen-bond acceptors (Lipinski definition) is 4. The smallest absolute Gasteiger partial charge is 0.0555 e. The molecular formula is C10H24Cl2N2O2. The third-order valence-electron chi connectivity index (χ3n) is 2.89. The second-order valence-electron chi connectivity index (χ2n) is 4.45. The first-order valence-electron chi connectivity index (χ1n) is 5.45. The molecule has 0 heterocycles. The average molecular weight is 275 g/mol. The van der Waals surface area contributed by atoms with Crippen LogP contribution in [0.3, 0.4) is 0 Å². The maximum Gasteiger partial charge on any atom is 0.0555 e. The quantitative estimate of drug-likeness (QED) is 0.520. The molecule has 0 radical (unpaired) electrons. The first kappa shape index (κ1) is 18.8. The van der Waals surface area contributed by atoms with E-state index in [0.29, 0.717) is 0 Å². The van der Waals surface area contributed by atoms with E-state index >= 15 is 0 Å². The molecule has 2 aliphatic carbocycles. The van der Waals surface area contributed by atoms with Crippen LogP contribution in [0.2, 0.25) is 0 Å². The Kier molecular flexibility index (Phi) is 11.1. The first-order chi connectivity index (χ1) is 6.58. The van der Waals surface area contributed by atoms with Crippen LogP contribution in [0.5, 0.6) is 0 Å². The number of hydrogen-bond donors (Lipinski definition) is 4. The first-order valence-corrected chi connectivity index (χ1v) is 5.45. The lowest BCUT2D eigenvalue weighted by molar-refractivity contribution is 0.181. The fourth-order valence-electron chi connectivity index (χ4n) is 1.98. The van der Waals surface area contributed by atoms with Crippen molar-refractivity contribution >= 4 is 24.8 Å². The van der Waals surface area contributed by atoms with Crippen molar-refractivity contribution in [3.8, 4) is 0 Å². The zero-order chi connectivity index (χ0) is 10.6. The Morgan fingerprint density at radius 1 is 0.688 bits per heavy atom. The number of halogens is 2. The summed E-state index contributed by atoms with van der Waals surface area (Å²) in [5.41, 5.74) is 10.9. The van der Waals surface area contributed by atoms with Crippen LogP contribution in [-0.2, 0) is 0 Å². The Balaban J connectivity index is 0. The number of aliphatic hydroxyl groups is 2. The van der Waals surface area contributed by atoms with Gasteiger partial charge in [-0.1, -0.05) is 0 Å². The summed E-state index contributed by atoms with van der Waals surface area (Å²) in [5.74, 6) is 0. The third kappa shape index (κ3) is 7.65. The van der Waals surface area contributed by atoms with E-state index in [9.17, 15) is 0 Å². The largest absolute Gasteiger partial charge is 0.393 e. The summed E-state index contributed by atoms with van der Waals surface area (Å²) in [4.78, 5) is 0. The molecule has 2 rings (SSSR count). The molecule has 0 aromatic carbocycles. The summed E-state index contributed by atoms with van der Waals surface area (Å²) < 4.78 is 0. The van der Waals surface area contributed by atoms with Gasteiger partial charge in [0.2, 0.25) is 0 Å². The van der Waals surface area contributed by atoms with E-state index in [4.69, 9.17) is 21.7 Å². The van der Waals surface area contributed by atoms with Crippen LogP contribution < -0.4 is 11.5 Å². The zero-order valence-electron chi connectivity index (χ0n) is 9.42. The summed E-state index contributed by atoms with van der Waals surface area (Å²) in [6.45, 7) is 0. The summed E-state index contributed by atoms with van der Waals surface area (Å²) in [6, 6.07) is 0.546. The highest BCUT2D eigenvalue weighted by Gasteiger charge is 2.18. The summed E-state index contributed by atoms with van der Waals surface area (Å²) in [7, 11) is 0. The molecule has 2 fully saturated rings. The predicted octanol–water partition coefficient (Wildman–Crippen LogP) is 0.561. The Labute approximate surface area is 110 Å². The fraction of sp³-hybridized carbons (Fsp3) is 1.00. The van der Waals surface area contributed by atoms with Crippen LogP contribution in [0.4, 0.5) is 0 Å². The maximum atomic E-state index is 8.82. The molecule has 0 amide bonds. The second kappa shape index (κ2) is 9.45. The average Bonchev–Trinajstić information content (AvgIpc) is 2.63. The second-order valence-corrected chi connectivity index (χ2v) is 4.45. The van der Waals surface area contributed by atoms with Crippen molar-refractivity contribution in [2.45, 2.75) is 62.8 Å². The van der Waals surface area contributed by atoms with Gasteiger partial charge in [-0.25, -0.2) is 0 Å². The molecule has 6 heteroatoms. The van der Waals surface area contributed by atoms with Gasteiger partial charge in [-0.05, 0) is 38.5 Å². The van der Waals surface area contributed by atoms with E-state index in [-0.39, 0.29) is 49.1 Å². The van der Waals surface area contributed by atoms with Crippen LogP contribution in [0.1, 0.15) is 38.5 Å². The molecule has 0 unspecified atom stereocenters. The Morgan fingerprint density at radius 3 is 1.06 bits per heavy atom. The molecule has 0 bridgehead atoms. The molecular weight excluding hydrogens is 251 g/mol. The van der Waals surface area contributed by atoms with Crippen LogP contribution in [0.25, 0.3) is 0 Å². The van der Waals surface area contributed by atoms with Crippen molar-refractivity contribution in [1.82, 2.24) is 0 Å². The van der Waals surface area contributed by atoms with E-state index in [1.807, 2.05) is 0 Å². The van der Waals surface area contributed by atoms with Gasteiger partial charge in [0, 0.05) is 12.1 Å². The fourth-order valence-corrected chi connectivity index (χ4v) is 1.98. The molecule has 16 heavy (non-hydrogen) atoms. The molecule has 6 N–H and O–H groups in total. The minimum atomic E-state index is -0.102. The highest BCUT2D eigenvalue weighted by molar-refractivity contribution is 5.85. The van der Waals surface area contributed by atoms with E-state index in [2.05, 4.69) is 0 Å². The van der Waals surface area contributed by atoms with Crippen molar-refractivity contribution in [3.63, 3.8) is 0 Å². The lowest BCUT2D eigenvalue weighted by atomic mass is 10.3. The van der Waals surface area contributed by atoms with Gasteiger partial charge in [0.25, 0.3) is 0 Å². The topological polar surface area (TPSA) is 92.5 Å². The molecule has 2 aliphatic rings. The van der Waals surface area contributed by atoms with Gasteiger partial charge < -0.3 is 21.7 Å². The van der Waals surface area contributed by atoms with E-state index < -0.39 is 0 Å². The molecule has 0 aliphatic heterocycles. The highest BCUT2D eigenvalue weighted by Crippen LogP contribution is 2.16. The molecule has 2 saturated carbocycles. The van der Waals surface area contributed by atoms with Gasteiger partial charge in [0.1, 0.15) is 0 Å². The van der Waals surface area contributed by atoms with Gasteiger partial charge >= 0.3 is 0 Å². The summed E-state index contributed by atoms with van der Waals surface area (Å²) in [5, 5.41) is 17.6. The van der Waals surface area contributed by atoms with E-state index in [1.165, 1.54) is 0 Å². The standard InChI is InChI=1S/2C5H11NO.2ClH/c2*6-4-1-2-5(7)3-4;;/h2*4-5,7H,1-3,6H2;2*1H/t2*4-,5-;;/m10../s1. The number of rotatable bonds is 0. The normalized spacial score (nSPS) is 36.8. The Morgan fingerprint density at radius 2 is 1.00 bits per heavy atom. The SMILES string of the molecule is Cl.Cl.N[C@@H]1CC[C@@H](O)C1.N[C@H]1CC[C@H](O)C1. The molecule has 0 aromatic heterocycles. The summed E-state index contributed by atoms with van der Waals surface area (Å²) >= 11 is 0. The lowest BCUT2D eigenvalue weighted by Crippen LogP contribution is -2.15. The van der Waals surface area contributed by atoms with E-state index in [1.54, 1.807) is 0 Å². The van der Waals surface area contributed by atoms with Crippen molar-refractivity contribution in [2.24, 2.45) is 11.5 Å². The van der Waals surface area contributed by atoms with Gasteiger partial charge in [0.05, 0.1) is 12.2 Å². The van der Waals surface area contributed by atoms with Gasteiger partial charge in [-0.2, -0.15) is 0 Å². The van der Waals surface area contributed by atoms with Gasteiger partial charge in [-0.3, -0.25) is 0 Å². The molecule has 0 spiro atoms. The Bertz CT molecular complexity index is 141. The third-order valence-corrected chi connectivity index (χ3v) is 2.89. The van der Waals surface area contributed by atoms with Gasteiger partial charge in [0.15, 0.2) is 0 Å². The van der Waals surface area contributed by atoms with Crippen LogP contribution in [-0.4, -0.2) is 34.5 Å². The van der Waals surface area contributed by atoms with Crippen LogP contribution >= 0.6 is 24.8 Å². The zero-order valence-corrected chi connectivity index (χ0v) is 11.1. The van der Waals surface area contributed by atoms with Crippen LogP contribution in [0, 0.1) is 0 Å². The van der Waals surface area contributed by atoms with E-state index in [0.717, 1.165) is 38.5 Å².